The van der Waals surface area contributed by atoms with Crippen molar-refractivity contribution in [1.29, 1.82) is 0 Å². The Hall–Kier alpha value is -15.9. The first-order chi connectivity index (χ1) is 71.6. The molecule has 0 bridgehead atoms. The number of aliphatic carboxylic acids is 2. The number of aromatic nitrogens is 18. The van der Waals surface area contributed by atoms with E-state index in [1.54, 1.807) is 0 Å². The first-order valence-corrected chi connectivity index (χ1v) is 48.8. The van der Waals surface area contributed by atoms with Crippen molar-refractivity contribution < 1.29 is 112 Å². The Morgan fingerprint density at radius 1 is 0.385 bits per heavy atom. The number of nitrogens with one attached hydrogen (secondary N) is 3. The van der Waals surface area contributed by atoms with E-state index in [1.807, 2.05) is 159 Å². The molecule has 0 radical (unpaired) electrons. The van der Waals surface area contributed by atoms with Crippen LogP contribution in [0.4, 0.5) is 4.79 Å². The Kier molecular flexibility index (Phi) is 46.9. The number of hydrogen-bond acceptors (Lipinski definition) is 37. The molecule has 0 aliphatic heterocycles. The van der Waals surface area contributed by atoms with Crippen LogP contribution in [0.3, 0.4) is 0 Å². The van der Waals surface area contributed by atoms with Gasteiger partial charge in [-0.25, -0.2) is 19.7 Å². The molecule has 0 amide bonds. The highest BCUT2D eigenvalue weighted by Gasteiger charge is 2.31. The van der Waals surface area contributed by atoms with E-state index in [9.17, 15) is 78.9 Å². The number of aryl methyl sites for hydroxylation is 3. The summed E-state index contributed by atoms with van der Waals surface area (Å²) in [6, 6.07) is 47.2. The number of benzene rings is 6. The van der Waals surface area contributed by atoms with Gasteiger partial charge in [0, 0.05) is 62.0 Å². The molecule has 148 heavy (non-hydrogen) atoms. The minimum absolute atomic E-state index is 0.00783. The van der Waals surface area contributed by atoms with Crippen LogP contribution in [0, 0.1) is 48.1 Å². The minimum atomic E-state index is -1.40. The van der Waals surface area contributed by atoms with Crippen LogP contribution < -0.4 is 5.73 Å². The number of carbonyl (C=O) groups is 8. The average molecular weight is 2110 g/mol. The highest BCUT2D eigenvalue weighted by atomic mass is 35.5. The highest BCUT2D eigenvalue weighted by molar-refractivity contribution is 6.30. The zero-order chi connectivity index (χ0) is 106. The predicted molar refractivity (Wildman–Crippen MR) is 528 cm³/mol. The lowest BCUT2D eigenvalue weighted by Crippen LogP contribution is -2.26. The summed E-state index contributed by atoms with van der Waals surface area (Å²) in [6.45, 7) is 5.45. The average Bonchev–Trinajstić information content (AvgIpc) is 1.60. The summed E-state index contributed by atoms with van der Waals surface area (Å²) in [5, 5.41) is 90.7. The van der Waals surface area contributed by atoms with Crippen LogP contribution in [0.15, 0.2) is 146 Å². The van der Waals surface area contributed by atoms with Crippen molar-refractivity contribution in [3.8, 4) is 67.5 Å². The summed E-state index contributed by atoms with van der Waals surface area (Å²) in [4.78, 5) is 155. The van der Waals surface area contributed by atoms with Crippen molar-refractivity contribution in [3.63, 3.8) is 0 Å². The number of nitrogens with two attached hydrogens (primary N) is 1. The fourth-order valence-corrected chi connectivity index (χ4v) is 15.8. The minimum Gasteiger partial charge on any atom is -0.481 e. The van der Waals surface area contributed by atoms with Crippen LogP contribution in [-0.4, -0.2) is 217 Å². The van der Waals surface area contributed by atoms with Crippen LogP contribution in [-0.2, 0) is 140 Å². The van der Waals surface area contributed by atoms with Gasteiger partial charge in [0.15, 0.2) is 15.5 Å². The van der Waals surface area contributed by atoms with Gasteiger partial charge in [0.05, 0.1) is 75.3 Å². The number of hydrogen-bond donors (Lipinski definition) is 6. The molecular formula is C97H113Cl3N22O26. The van der Waals surface area contributed by atoms with Gasteiger partial charge in [-0.05, 0) is 136 Å². The van der Waals surface area contributed by atoms with Crippen molar-refractivity contribution in [2.75, 3.05) is 52.8 Å². The van der Waals surface area contributed by atoms with E-state index in [2.05, 4.69) is 112 Å². The van der Waals surface area contributed by atoms with Gasteiger partial charge in [0.2, 0.25) is 17.5 Å². The Morgan fingerprint density at radius 2 is 0.709 bits per heavy atom. The zero-order valence-electron chi connectivity index (χ0n) is 81.3. The van der Waals surface area contributed by atoms with Gasteiger partial charge in [0.25, 0.3) is 15.3 Å². The third-order valence-corrected chi connectivity index (χ3v) is 23.7. The largest absolute Gasteiger partial charge is 0.508 e. The molecule has 788 valence electrons. The lowest BCUT2D eigenvalue weighted by molar-refractivity contribution is -0.757. The van der Waals surface area contributed by atoms with E-state index in [4.69, 9.17) is 73.7 Å². The van der Waals surface area contributed by atoms with Crippen molar-refractivity contribution in [2.45, 2.75) is 195 Å². The monoisotopic (exact) mass is 2110 g/mol. The molecule has 3 unspecified atom stereocenters. The van der Waals surface area contributed by atoms with E-state index in [1.165, 1.54) is 0 Å². The lowest BCUT2D eigenvalue weighted by Gasteiger charge is -2.16. The fourth-order valence-electron chi connectivity index (χ4n) is 15.1. The number of unbranched alkanes of at least 4 members (excludes halogenated alkanes) is 6. The van der Waals surface area contributed by atoms with Gasteiger partial charge in [-0.3, -0.25) is 33.6 Å². The van der Waals surface area contributed by atoms with E-state index in [-0.39, 0.29) is 100 Å². The number of tetrazole rings is 3. The number of carboxylic acids is 2. The van der Waals surface area contributed by atoms with Crippen LogP contribution in [0.1, 0.15) is 188 Å². The maximum Gasteiger partial charge on any atom is 0.508 e. The van der Waals surface area contributed by atoms with E-state index >= 15 is 0 Å². The summed E-state index contributed by atoms with van der Waals surface area (Å²) < 4.78 is 42.3. The molecule has 7 N–H and O–H groups in total. The summed E-state index contributed by atoms with van der Waals surface area (Å²) in [5.41, 5.74) is 18.2. The quantitative estimate of drug-likeness (QED) is 0.00678. The van der Waals surface area contributed by atoms with Crippen LogP contribution in [0.25, 0.3) is 67.5 Å². The van der Waals surface area contributed by atoms with E-state index in [0.29, 0.717) is 112 Å². The molecular weight excluding hydrogens is 2000 g/mol. The number of nitrogens with zero attached hydrogens (tertiary/aromatic N) is 18. The molecule has 0 saturated carbocycles. The predicted octanol–water partition coefficient (Wildman–Crippen LogP) is 15.0. The maximum absolute atomic E-state index is 13.1. The third-order valence-electron chi connectivity index (χ3n) is 22.8. The Bertz CT molecular complexity index is 6280. The molecule has 12 rings (SSSR count). The number of ether oxygens (including phenoxy) is 7. The number of esters is 5. The molecule has 6 aromatic heterocycles. The first-order valence-electron chi connectivity index (χ1n) is 47.7. The Morgan fingerprint density at radius 3 is 1.03 bits per heavy atom. The summed E-state index contributed by atoms with van der Waals surface area (Å²) >= 11 is 19.7. The van der Waals surface area contributed by atoms with E-state index < -0.39 is 107 Å². The molecule has 0 aliphatic rings. The van der Waals surface area contributed by atoms with Crippen LogP contribution in [0.2, 0.25) is 15.5 Å². The standard InChI is InChI=1S/C34H43ClN8O7.C32H36ClN7O10.C31H34ClN7O9/c1-2-3-13-30-37-32(35)29(23-49-31(44)21-26(10-6-7-18-36)34(45)48-19-8-9-20-50-43(46)47)42(30)22-24-14-16-25(17-15-24)27-11-4-5-12-28(27)33-38-40-41-39-33;1-2-3-10-27-34-29(33)26(20-48-28(41)17-23(31(42)43)19-49-32(44)47-15-6-7-16-50-40(45)46)39(27)18-21-11-13-22(14-12-21)24-8-4-5-9-25(24)30-35-37-38-36-30;1-2-3-9-26-33-29(32)25(19-47-28(41)16-22(31(42)43)18-46-27(40)10-6-15-48-39(44)45)38(26)17-20-11-13-21(14-12-20)23-7-4-5-8-24(23)30-34-36-37-35-30/h4-5,11-12,14-17,26H,2-3,6-10,13,18-23,36H2,1H3,(H,38,39,40,41);4-5,8-9,11-14,23H,2-3,6-7,10,15-20H2,1H3,(H,42,43)(H,35,36,37,38);4-5,7-8,11-14,22H,2-3,6,9-10,15-19H2,1H3,(H,42,43)(H,34,35,36,37). The number of rotatable bonds is 61. The van der Waals surface area contributed by atoms with Crippen LogP contribution >= 0.6 is 34.8 Å². The number of carboxylic acid groups (broad SMARTS) is 2. The molecule has 0 spiro atoms. The number of carbonyl (C=O) groups excluding carboxylic acids is 6. The number of aromatic amines is 3. The summed E-state index contributed by atoms with van der Waals surface area (Å²) in [6.07, 6.45) is 7.77. The van der Waals surface area contributed by atoms with Gasteiger partial charge in [-0.2, -0.15) is 15.6 Å². The second-order valence-electron chi connectivity index (χ2n) is 33.4. The fraction of sp³-hybridized carbons (Fsp3) is 0.423. The van der Waals surface area contributed by atoms with Crippen molar-refractivity contribution in [1.82, 2.24) is 90.5 Å². The SMILES string of the molecule is CCCCc1nc(Cl)c(COC(=O)CC(CCCCN)C(=O)OCCCCO[N+](=O)[O-])n1Cc1ccc(-c2ccccc2-c2nn[nH]n2)cc1.CCCCc1nc(Cl)c(COC(=O)CC(COC(=O)CCCO[N+](=O)[O-])C(=O)O)n1Cc1ccc(-c2ccccc2-c2nn[nH]n2)cc1.CCCCc1nc(Cl)c(COC(=O)CC(COC(=O)OCCCCO[N+](=O)[O-])C(=O)O)n1Cc1ccc(-c2ccccc2-c2nn[nH]n2)cc1. The molecule has 0 saturated heterocycles. The summed E-state index contributed by atoms with van der Waals surface area (Å²) in [7, 11) is 0. The Balaban J connectivity index is 0.000000227. The molecule has 3 atom stereocenters. The van der Waals surface area contributed by atoms with Crippen molar-refractivity contribution >= 4 is 82.7 Å². The first kappa shape index (κ1) is 114. The second-order valence-corrected chi connectivity index (χ2v) is 34.5. The van der Waals surface area contributed by atoms with Crippen molar-refractivity contribution in [2.24, 2.45) is 23.5 Å². The van der Waals surface area contributed by atoms with Crippen molar-refractivity contribution in [3.05, 3.63) is 243 Å². The molecule has 0 aliphatic carbocycles. The molecule has 48 nitrogen and oxygen atoms in total. The topological polar surface area (TPSA) is 642 Å². The number of halogens is 3. The van der Waals surface area contributed by atoms with Gasteiger partial charge in [0.1, 0.15) is 62.3 Å². The molecule has 51 heteroatoms. The van der Waals surface area contributed by atoms with Crippen LogP contribution in [0.5, 0.6) is 0 Å². The Labute approximate surface area is 861 Å². The zero-order valence-corrected chi connectivity index (χ0v) is 83.6. The molecule has 0 fully saturated rings. The number of imidazole rings is 3. The number of H-pyrrole nitrogens is 3. The van der Waals surface area contributed by atoms with Gasteiger partial charge in [-0.15, -0.1) is 60.9 Å². The molecule has 12 aromatic rings. The highest BCUT2D eigenvalue weighted by Crippen LogP contribution is 2.36. The smallest absolute Gasteiger partial charge is 0.481 e. The van der Waals surface area contributed by atoms with Gasteiger partial charge < -0.3 is 77.3 Å². The second kappa shape index (κ2) is 60.8. The normalized spacial score (nSPS) is 11.6. The lowest BCUT2D eigenvalue weighted by atomic mass is 9.98. The molecule has 6 aromatic carbocycles. The van der Waals surface area contributed by atoms with Gasteiger partial charge in [-0.1, -0.05) is 227 Å². The molecule has 6 heterocycles. The third kappa shape index (κ3) is 36.7. The summed E-state index contributed by atoms with van der Waals surface area (Å²) in [5.74, 6) is -6.04. The van der Waals surface area contributed by atoms with Gasteiger partial charge >= 0.3 is 47.9 Å². The van der Waals surface area contributed by atoms with E-state index in [0.717, 1.165) is 123 Å². The maximum atomic E-state index is 13.1.